The minimum atomic E-state index is 0.0261. The molecule has 7 heteroatoms. The van der Waals surface area contributed by atoms with Gasteiger partial charge in [0, 0.05) is 30.6 Å². The number of carbonyl (C=O) groups is 2. The second kappa shape index (κ2) is 8.75. The fourth-order valence-electron chi connectivity index (χ4n) is 3.66. The molecule has 0 bridgehead atoms. The Kier molecular flexibility index (Phi) is 5.92. The van der Waals surface area contributed by atoms with Crippen molar-refractivity contribution >= 4 is 23.2 Å². The third kappa shape index (κ3) is 4.20. The van der Waals surface area contributed by atoms with Crippen LogP contribution in [0.2, 0.25) is 0 Å². The number of benzene rings is 1. The van der Waals surface area contributed by atoms with Crippen LogP contribution in [0.5, 0.6) is 5.75 Å². The Morgan fingerprint density at radius 3 is 2.54 bits per heavy atom. The summed E-state index contributed by atoms with van der Waals surface area (Å²) in [5.74, 6) is 0.824. The van der Waals surface area contributed by atoms with Crippen molar-refractivity contribution in [3.05, 3.63) is 52.2 Å². The highest BCUT2D eigenvalue weighted by Crippen LogP contribution is 2.23. The number of likely N-dealkylation sites (tertiary alicyclic amines) is 1. The van der Waals surface area contributed by atoms with E-state index >= 15 is 0 Å². The maximum absolute atomic E-state index is 12.6. The Bertz CT molecular complexity index is 800. The van der Waals surface area contributed by atoms with E-state index in [1.165, 1.54) is 11.3 Å². The summed E-state index contributed by atoms with van der Waals surface area (Å²) < 4.78 is 11.2. The van der Waals surface area contributed by atoms with Crippen molar-refractivity contribution < 1.29 is 19.1 Å². The van der Waals surface area contributed by atoms with E-state index in [0.717, 1.165) is 24.9 Å². The summed E-state index contributed by atoms with van der Waals surface area (Å²) in [6.07, 6.45) is 1.94. The lowest BCUT2D eigenvalue weighted by molar-refractivity contribution is 0.0303. The van der Waals surface area contributed by atoms with Gasteiger partial charge in [0.25, 0.3) is 11.8 Å². The van der Waals surface area contributed by atoms with Crippen molar-refractivity contribution in [3.63, 3.8) is 0 Å². The molecule has 1 aromatic carbocycles. The van der Waals surface area contributed by atoms with Gasteiger partial charge in [-0.15, -0.1) is 0 Å². The summed E-state index contributed by atoms with van der Waals surface area (Å²) in [6, 6.07) is 9.21. The lowest BCUT2D eigenvalue weighted by Crippen LogP contribution is -2.40. The fourth-order valence-corrected chi connectivity index (χ4v) is 4.29. The molecular formula is C21H24N2O4S. The summed E-state index contributed by atoms with van der Waals surface area (Å²) in [6.45, 7) is 3.69. The molecule has 2 saturated heterocycles. The van der Waals surface area contributed by atoms with Crippen LogP contribution in [0, 0.1) is 0 Å². The molecule has 0 saturated carbocycles. The molecule has 2 aromatic rings. The van der Waals surface area contributed by atoms with Crippen LogP contribution in [-0.2, 0) is 4.74 Å². The van der Waals surface area contributed by atoms with E-state index in [-0.39, 0.29) is 17.9 Å². The average molecular weight is 401 g/mol. The molecule has 0 N–H and O–H groups in total. The van der Waals surface area contributed by atoms with Crippen LogP contribution in [-0.4, -0.2) is 67.1 Å². The summed E-state index contributed by atoms with van der Waals surface area (Å²) in [5, 5.41) is 3.82. The lowest BCUT2D eigenvalue weighted by atomic mass is 10.2. The molecule has 2 aliphatic rings. The summed E-state index contributed by atoms with van der Waals surface area (Å²) >= 11 is 1.54. The van der Waals surface area contributed by atoms with E-state index in [1.54, 1.807) is 12.1 Å². The van der Waals surface area contributed by atoms with Crippen molar-refractivity contribution in [2.45, 2.75) is 18.9 Å². The maximum Gasteiger partial charge on any atom is 0.255 e. The minimum Gasteiger partial charge on any atom is -0.491 e. The van der Waals surface area contributed by atoms with Gasteiger partial charge in [-0.1, -0.05) is 0 Å². The molecule has 2 aliphatic heterocycles. The molecule has 0 radical (unpaired) electrons. The second-order valence-corrected chi connectivity index (χ2v) is 7.83. The first kappa shape index (κ1) is 19.0. The third-order valence-corrected chi connectivity index (χ3v) is 5.93. The van der Waals surface area contributed by atoms with Crippen molar-refractivity contribution in [2.75, 3.05) is 39.5 Å². The number of hydrogen-bond donors (Lipinski definition) is 0. The largest absolute Gasteiger partial charge is 0.491 e. The van der Waals surface area contributed by atoms with Gasteiger partial charge >= 0.3 is 0 Å². The van der Waals surface area contributed by atoms with Crippen LogP contribution in [0.25, 0.3) is 0 Å². The zero-order chi connectivity index (χ0) is 19.3. The summed E-state index contributed by atoms with van der Waals surface area (Å²) in [4.78, 5) is 28.8. The highest BCUT2D eigenvalue weighted by Gasteiger charge is 2.30. The molecule has 1 atom stereocenters. The molecule has 4 rings (SSSR count). The quantitative estimate of drug-likeness (QED) is 0.774. The molecular weight excluding hydrogens is 376 g/mol. The number of thiophene rings is 1. The maximum atomic E-state index is 12.6. The van der Waals surface area contributed by atoms with E-state index in [2.05, 4.69) is 0 Å². The Balaban J connectivity index is 1.33. The first-order chi connectivity index (χ1) is 13.7. The van der Waals surface area contributed by atoms with Crippen LogP contribution in [0.1, 0.15) is 33.6 Å². The van der Waals surface area contributed by atoms with Crippen LogP contribution < -0.4 is 4.74 Å². The number of ether oxygens (including phenoxy) is 2. The molecule has 28 heavy (non-hydrogen) atoms. The second-order valence-electron chi connectivity index (χ2n) is 7.05. The summed E-state index contributed by atoms with van der Waals surface area (Å²) in [5.41, 5.74) is 1.41. The zero-order valence-electron chi connectivity index (χ0n) is 15.7. The predicted octanol–water partition coefficient (Wildman–Crippen LogP) is 2.90. The van der Waals surface area contributed by atoms with Gasteiger partial charge in [0.05, 0.1) is 24.8 Å². The Hall–Kier alpha value is -2.38. The molecule has 1 aromatic heterocycles. The van der Waals surface area contributed by atoms with Gasteiger partial charge < -0.3 is 19.3 Å². The Labute approximate surface area is 168 Å². The molecule has 0 aliphatic carbocycles. The van der Waals surface area contributed by atoms with E-state index in [1.807, 2.05) is 38.8 Å². The number of hydrogen-bond acceptors (Lipinski definition) is 5. The van der Waals surface area contributed by atoms with Crippen LogP contribution in [0.15, 0.2) is 41.1 Å². The fraction of sp³-hybridized carbons (Fsp3) is 0.429. The number of morpholine rings is 1. The first-order valence-electron chi connectivity index (χ1n) is 9.65. The minimum absolute atomic E-state index is 0.0261. The van der Waals surface area contributed by atoms with Gasteiger partial charge in [0.1, 0.15) is 12.4 Å². The topological polar surface area (TPSA) is 59.1 Å². The van der Waals surface area contributed by atoms with Crippen LogP contribution >= 0.6 is 11.3 Å². The normalized spacial score (nSPS) is 19.6. The number of amides is 2. The third-order valence-electron chi connectivity index (χ3n) is 5.25. The average Bonchev–Trinajstić information content (AvgIpc) is 3.44. The van der Waals surface area contributed by atoms with Crippen molar-refractivity contribution in [1.29, 1.82) is 0 Å². The molecule has 3 heterocycles. The van der Waals surface area contributed by atoms with E-state index in [4.69, 9.17) is 9.47 Å². The van der Waals surface area contributed by atoms with E-state index in [0.29, 0.717) is 44.2 Å². The van der Waals surface area contributed by atoms with Gasteiger partial charge in [0.15, 0.2) is 0 Å². The monoisotopic (exact) mass is 400 g/mol. The number of carbonyl (C=O) groups excluding carboxylic acids is 2. The van der Waals surface area contributed by atoms with Gasteiger partial charge in [-0.25, -0.2) is 0 Å². The summed E-state index contributed by atoms with van der Waals surface area (Å²) in [7, 11) is 0. The highest BCUT2D eigenvalue weighted by atomic mass is 32.1. The predicted molar refractivity (Wildman–Crippen MR) is 107 cm³/mol. The van der Waals surface area contributed by atoms with Crippen molar-refractivity contribution in [1.82, 2.24) is 9.80 Å². The van der Waals surface area contributed by atoms with E-state index in [9.17, 15) is 9.59 Å². The standard InChI is InChI=1S/C21H24N2O4S/c24-20(22-9-11-26-12-10-22)16-3-5-19(6-4-16)27-14-18-2-1-8-23(18)21(25)17-7-13-28-15-17/h3-7,13,15,18H,1-2,8-12,14H2. The number of rotatable bonds is 5. The van der Waals surface area contributed by atoms with Gasteiger partial charge in [-0.2, -0.15) is 11.3 Å². The molecule has 2 fully saturated rings. The Morgan fingerprint density at radius 2 is 1.82 bits per heavy atom. The van der Waals surface area contributed by atoms with Crippen LogP contribution in [0.3, 0.4) is 0 Å². The molecule has 6 nitrogen and oxygen atoms in total. The highest BCUT2D eigenvalue weighted by molar-refractivity contribution is 7.08. The van der Waals surface area contributed by atoms with Gasteiger partial charge in [-0.05, 0) is 48.6 Å². The van der Waals surface area contributed by atoms with Gasteiger partial charge in [0.2, 0.25) is 0 Å². The number of nitrogens with zero attached hydrogens (tertiary/aromatic N) is 2. The molecule has 0 spiro atoms. The van der Waals surface area contributed by atoms with Gasteiger partial charge in [-0.3, -0.25) is 9.59 Å². The van der Waals surface area contributed by atoms with E-state index < -0.39 is 0 Å². The molecule has 2 amide bonds. The lowest BCUT2D eigenvalue weighted by Gasteiger charge is -2.27. The molecule has 148 valence electrons. The van der Waals surface area contributed by atoms with Crippen molar-refractivity contribution in [3.8, 4) is 5.75 Å². The molecule has 1 unspecified atom stereocenters. The SMILES string of the molecule is O=C(c1ccc(OCC2CCCN2C(=O)c2ccsc2)cc1)N1CCOCC1. The van der Waals surface area contributed by atoms with Crippen LogP contribution in [0.4, 0.5) is 0 Å². The first-order valence-corrected chi connectivity index (χ1v) is 10.6. The zero-order valence-corrected chi connectivity index (χ0v) is 16.5. The van der Waals surface area contributed by atoms with Crippen molar-refractivity contribution in [2.24, 2.45) is 0 Å². The Morgan fingerprint density at radius 1 is 1.04 bits per heavy atom. The smallest absolute Gasteiger partial charge is 0.255 e.